The molecular formula is C17H25N5O7P+. The molecule has 0 saturated carbocycles. The van der Waals surface area contributed by atoms with Crippen molar-refractivity contribution in [2.24, 2.45) is 5.92 Å². The minimum Gasteiger partial charge on any atom is -0.466 e. The van der Waals surface area contributed by atoms with Gasteiger partial charge in [-0.25, -0.2) is 15.0 Å². The molecule has 12 nitrogen and oxygen atoms in total. The lowest BCUT2D eigenvalue weighted by Crippen LogP contribution is -2.35. The van der Waals surface area contributed by atoms with Gasteiger partial charge in [0.2, 0.25) is 0 Å². The molecule has 2 aromatic rings. The predicted molar refractivity (Wildman–Crippen MR) is 105 cm³/mol. The van der Waals surface area contributed by atoms with E-state index in [1.807, 2.05) is 0 Å². The Kier molecular flexibility index (Phi) is 6.14. The number of rotatable bonds is 7. The molecule has 2 saturated heterocycles. The first-order valence-electron chi connectivity index (χ1n) is 9.74. The van der Waals surface area contributed by atoms with Crippen molar-refractivity contribution in [2.45, 2.75) is 45.1 Å². The van der Waals surface area contributed by atoms with E-state index in [0.717, 1.165) is 0 Å². The minimum atomic E-state index is -3.50. The van der Waals surface area contributed by atoms with E-state index in [1.54, 1.807) is 24.7 Å². The molecule has 3 N–H and O–H groups in total. The van der Waals surface area contributed by atoms with E-state index in [4.69, 9.17) is 28.8 Å². The maximum absolute atomic E-state index is 11.7. The second kappa shape index (κ2) is 8.66. The summed E-state index contributed by atoms with van der Waals surface area (Å²) in [6.45, 7) is 4.05. The molecule has 2 aliphatic heterocycles. The Morgan fingerprint density at radius 3 is 3.07 bits per heavy atom. The number of carbonyl (C=O) groups excluding carboxylic acids is 1. The van der Waals surface area contributed by atoms with Gasteiger partial charge in [-0.1, -0.05) is 6.92 Å². The Morgan fingerprint density at radius 2 is 2.27 bits per heavy atom. The fourth-order valence-corrected chi connectivity index (χ4v) is 4.83. The summed E-state index contributed by atoms with van der Waals surface area (Å²) < 4.78 is 29.4. The van der Waals surface area contributed by atoms with Gasteiger partial charge in [0.1, 0.15) is 43.5 Å². The third kappa shape index (κ3) is 4.25. The van der Waals surface area contributed by atoms with Crippen LogP contribution in [-0.4, -0.2) is 62.4 Å². The van der Waals surface area contributed by atoms with E-state index >= 15 is 0 Å². The van der Waals surface area contributed by atoms with Crippen LogP contribution in [0, 0.1) is 5.92 Å². The van der Waals surface area contributed by atoms with E-state index in [1.165, 1.54) is 6.33 Å². The molecule has 4 heterocycles. The lowest BCUT2D eigenvalue weighted by molar-refractivity contribution is -0.148. The number of nitrogen functional groups attached to an aromatic ring is 1. The van der Waals surface area contributed by atoms with Crippen molar-refractivity contribution in [3.63, 3.8) is 0 Å². The summed E-state index contributed by atoms with van der Waals surface area (Å²) in [5.41, 5.74) is 6.89. The van der Waals surface area contributed by atoms with Crippen LogP contribution in [0.3, 0.4) is 0 Å². The molecule has 5 atom stereocenters. The number of hydrogen-bond donors (Lipinski definition) is 2. The first-order valence-corrected chi connectivity index (χ1v) is 11.2. The highest BCUT2D eigenvalue weighted by Gasteiger charge is 2.57. The zero-order chi connectivity index (χ0) is 21.3. The van der Waals surface area contributed by atoms with Crippen LogP contribution < -0.4 is 5.73 Å². The summed E-state index contributed by atoms with van der Waals surface area (Å²) in [5, 5.41) is 0. The number of aromatic nitrogens is 4. The van der Waals surface area contributed by atoms with Gasteiger partial charge < -0.3 is 15.2 Å². The Bertz CT molecular complexity index is 914. The highest BCUT2D eigenvalue weighted by Crippen LogP contribution is 2.63. The fraction of sp³-hybridized carbons (Fsp3) is 0.647. The molecule has 2 unspecified atom stereocenters. The zero-order valence-electron chi connectivity index (χ0n) is 16.7. The maximum atomic E-state index is 11.7. The lowest BCUT2D eigenvalue weighted by Gasteiger charge is -2.26. The number of anilines is 1. The maximum Gasteiger partial charge on any atom is 0.573 e. The van der Waals surface area contributed by atoms with Gasteiger partial charge in [0.15, 0.2) is 11.5 Å². The van der Waals surface area contributed by atoms with Gasteiger partial charge in [-0.2, -0.15) is 13.9 Å². The highest BCUT2D eigenvalue weighted by atomic mass is 31.2. The molecule has 13 heteroatoms. The van der Waals surface area contributed by atoms with Crippen LogP contribution in [-0.2, 0) is 27.8 Å². The minimum absolute atomic E-state index is 0.105. The third-order valence-corrected chi connectivity index (χ3v) is 6.56. The Morgan fingerprint density at radius 1 is 1.43 bits per heavy atom. The van der Waals surface area contributed by atoms with Crippen LogP contribution in [0.2, 0.25) is 0 Å². The molecule has 4 rings (SSSR count). The standard InChI is InChI=1S/C17H25N5O7P/c1-3-25-17(23)10(2)4-5-26-30(24)27-7-12-11(29-30)6-13(28-12)22-9-21-14-15(18)19-8-20-16(14)22/h8-13,24H,3-7H2,1-2H3,(H2,18,19,20)/q+1/t10?,11-,12+,13+,30?/m1/s1. The van der Waals surface area contributed by atoms with E-state index in [0.29, 0.717) is 36.4 Å². The largest absolute Gasteiger partial charge is 0.573 e. The SMILES string of the molecule is CCOC(=O)C(C)CCO[P+]1(O)OC[C@@H]2O[C@H](n3cnc4c(N)ncnc43)C[C@H]2O1. The van der Waals surface area contributed by atoms with Crippen molar-refractivity contribution in [1.29, 1.82) is 0 Å². The molecule has 0 aromatic carbocycles. The molecule has 164 valence electrons. The molecule has 0 spiro atoms. The van der Waals surface area contributed by atoms with E-state index in [-0.39, 0.29) is 31.2 Å². The number of nitrogens with two attached hydrogens (primary N) is 1. The van der Waals surface area contributed by atoms with Crippen LogP contribution in [0.1, 0.15) is 32.9 Å². The van der Waals surface area contributed by atoms with Gasteiger partial charge in [-0.3, -0.25) is 9.36 Å². The molecule has 2 fully saturated rings. The second-order valence-electron chi connectivity index (χ2n) is 7.13. The number of hydrogen-bond acceptors (Lipinski definition) is 11. The van der Waals surface area contributed by atoms with Crippen LogP contribution in [0.15, 0.2) is 12.7 Å². The molecule has 0 amide bonds. The fourth-order valence-electron chi connectivity index (χ4n) is 3.40. The van der Waals surface area contributed by atoms with Crippen molar-refractivity contribution < 1.29 is 32.7 Å². The quantitative estimate of drug-likeness (QED) is 0.472. The van der Waals surface area contributed by atoms with Gasteiger partial charge >= 0.3 is 14.1 Å². The zero-order valence-corrected chi connectivity index (χ0v) is 17.6. The highest BCUT2D eigenvalue weighted by molar-refractivity contribution is 7.55. The summed E-state index contributed by atoms with van der Waals surface area (Å²) >= 11 is 0. The van der Waals surface area contributed by atoms with Crippen molar-refractivity contribution in [3.05, 3.63) is 12.7 Å². The van der Waals surface area contributed by atoms with Crippen molar-refractivity contribution >= 4 is 31.1 Å². The Labute approximate surface area is 173 Å². The van der Waals surface area contributed by atoms with Crippen LogP contribution in [0.5, 0.6) is 0 Å². The Balaban J connectivity index is 1.35. The number of imidazole rings is 1. The van der Waals surface area contributed by atoms with Gasteiger partial charge in [-0.15, -0.1) is 4.52 Å². The van der Waals surface area contributed by atoms with Gasteiger partial charge in [-0.05, 0) is 13.3 Å². The summed E-state index contributed by atoms with van der Waals surface area (Å²) in [7, 11) is -3.50. The number of esters is 1. The normalized spacial score (nSPS) is 29.6. The smallest absolute Gasteiger partial charge is 0.466 e. The first kappa shape index (κ1) is 21.3. The summed E-state index contributed by atoms with van der Waals surface area (Å²) in [5.74, 6) is -0.363. The predicted octanol–water partition coefficient (Wildman–Crippen LogP) is 1.39. The molecule has 30 heavy (non-hydrogen) atoms. The number of nitrogens with zero attached hydrogens (tertiary/aromatic N) is 4. The number of fused-ring (bicyclic) bond motifs is 2. The van der Waals surface area contributed by atoms with Gasteiger partial charge in [0, 0.05) is 6.42 Å². The summed E-state index contributed by atoms with van der Waals surface area (Å²) in [4.78, 5) is 34.7. The lowest BCUT2D eigenvalue weighted by atomic mass is 10.1. The molecule has 2 aromatic heterocycles. The molecule has 0 radical (unpaired) electrons. The molecule has 2 aliphatic rings. The number of carbonyl (C=O) groups is 1. The monoisotopic (exact) mass is 442 g/mol. The average molecular weight is 442 g/mol. The summed E-state index contributed by atoms with van der Waals surface area (Å²) in [6.07, 6.45) is 2.60. The topological polar surface area (TPSA) is 153 Å². The Hall–Kier alpha value is -1.95. The van der Waals surface area contributed by atoms with Gasteiger partial charge in [0.05, 0.1) is 18.9 Å². The second-order valence-corrected chi connectivity index (χ2v) is 8.80. The van der Waals surface area contributed by atoms with E-state index in [2.05, 4.69) is 15.0 Å². The first-order chi connectivity index (χ1) is 14.4. The molecular weight excluding hydrogens is 417 g/mol. The van der Waals surface area contributed by atoms with Crippen molar-refractivity contribution in [1.82, 2.24) is 19.5 Å². The molecule has 0 aliphatic carbocycles. The van der Waals surface area contributed by atoms with E-state index in [9.17, 15) is 9.69 Å². The van der Waals surface area contributed by atoms with Crippen LogP contribution in [0.4, 0.5) is 5.82 Å². The summed E-state index contributed by atoms with van der Waals surface area (Å²) in [6, 6.07) is 0. The number of ether oxygens (including phenoxy) is 2. The average Bonchev–Trinajstić information content (AvgIpc) is 3.32. The van der Waals surface area contributed by atoms with E-state index < -0.39 is 20.5 Å². The van der Waals surface area contributed by atoms with Crippen LogP contribution >= 0.6 is 8.17 Å². The molecule has 0 bridgehead atoms. The van der Waals surface area contributed by atoms with Crippen molar-refractivity contribution in [3.8, 4) is 0 Å². The van der Waals surface area contributed by atoms with Crippen molar-refractivity contribution in [2.75, 3.05) is 25.6 Å². The third-order valence-electron chi connectivity index (χ3n) is 5.04. The van der Waals surface area contributed by atoms with Crippen LogP contribution in [0.25, 0.3) is 11.2 Å². The van der Waals surface area contributed by atoms with Gasteiger partial charge in [0.25, 0.3) is 0 Å².